The first-order chi connectivity index (χ1) is 13.5. The van der Waals surface area contributed by atoms with Crippen molar-refractivity contribution in [2.75, 3.05) is 0 Å². The zero-order valence-electron chi connectivity index (χ0n) is 15.8. The van der Waals surface area contributed by atoms with E-state index in [9.17, 15) is 4.79 Å². The average molecular weight is 433 g/mol. The number of halogens is 1. The highest BCUT2D eigenvalue weighted by molar-refractivity contribution is 8.00. The predicted molar refractivity (Wildman–Crippen MR) is 115 cm³/mol. The summed E-state index contributed by atoms with van der Waals surface area (Å²) in [6, 6.07) is 7.39. The van der Waals surface area contributed by atoms with Crippen LogP contribution in [0.4, 0.5) is 0 Å². The maximum Gasteiger partial charge on any atom is 0.319 e. The molecule has 0 amide bonds. The quantitative estimate of drug-likeness (QED) is 0.294. The molecule has 0 bridgehead atoms. The second kappa shape index (κ2) is 8.39. The lowest BCUT2D eigenvalue weighted by Crippen LogP contribution is -2.17. The number of hydrogen-bond acceptors (Lipinski definition) is 6. The van der Waals surface area contributed by atoms with Gasteiger partial charge in [0.25, 0.3) is 0 Å². The van der Waals surface area contributed by atoms with E-state index < -0.39 is 0 Å². The summed E-state index contributed by atoms with van der Waals surface area (Å²) in [5, 5.41) is 2.25. The molecule has 0 spiro atoms. The summed E-state index contributed by atoms with van der Waals surface area (Å²) >= 11 is 9.35. The minimum atomic E-state index is -0.362. The van der Waals surface area contributed by atoms with Gasteiger partial charge in [-0.25, -0.2) is 9.97 Å². The van der Waals surface area contributed by atoms with Crippen molar-refractivity contribution in [2.45, 2.75) is 50.0 Å². The van der Waals surface area contributed by atoms with E-state index in [1.807, 2.05) is 25.1 Å². The molecule has 4 nitrogen and oxygen atoms in total. The Labute approximate surface area is 177 Å². The molecule has 2 atom stereocenters. The summed E-state index contributed by atoms with van der Waals surface area (Å²) in [4.78, 5) is 23.9. The lowest BCUT2D eigenvalue weighted by Gasteiger charge is -2.18. The van der Waals surface area contributed by atoms with Gasteiger partial charge in [-0.15, -0.1) is 11.3 Å². The molecule has 1 aliphatic carbocycles. The van der Waals surface area contributed by atoms with Gasteiger partial charge in [0.1, 0.15) is 28.0 Å². The van der Waals surface area contributed by atoms with Crippen molar-refractivity contribution in [3.05, 3.63) is 51.6 Å². The molecule has 2 heterocycles. The highest BCUT2D eigenvalue weighted by Crippen LogP contribution is 2.41. The van der Waals surface area contributed by atoms with Crippen molar-refractivity contribution in [1.82, 2.24) is 9.97 Å². The van der Waals surface area contributed by atoms with Crippen LogP contribution in [0, 0.1) is 5.92 Å². The Hall–Kier alpha value is -1.63. The second-order valence-corrected chi connectivity index (χ2v) is 9.99. The van der Waals surface area contributed by atoms with Crippen molar-refractivity contribution in [1.29, 1.82) is 0 Å². The summed E-state index contributed by atoms with van der Waals surface area (Å²) in [6.07, 6.45) is 4.95. The monoisotopic (exact) mass is 432 g/mol. The smallest absolute Gasteiger partial charge is 0.319 e. The van der Waals surface area contributed by atoms with Crippen LogP contribution in [0.5, 0.6) is 0 Å². The summed E-state index contributed by atoms with van der Waals surface area (Å²) < 4.78 is 5.48. The Morgan fingerprint density at radius 3 is 3.04 bits per heavy atom. The highest BCUT2D eigenvalue weighted by atomic mass is 35.5. The van der Waals surface area contributed by atoms with Gasteiger partial charge in [-0.2, -0.15) is 0 Å². The molecule has 0 saturated heterocycles. The number of nitrogens with zero attached hydrogens (tertiary/aromatic N) is 2. The number of thioether (sulfide) groups is 1. The molecule has 28 heavy (non-hydrogen) atoms. The Kier molecular flexibility index (Phi) is 5.90. The van der Waals surface area contributed by atoms with Gasteiger partial charge >= 0.3 is 5.97 Å². The first-order valence-electron chi connectivity index (χ1n) is 9.35. The zero-order valence-corrected chi connectivity index (χ0v) is 18.2. The number of carbonyl (C=O) groups excluding carboxylic acids is 1. The van der Waals surface area contributed by atoms with E-state index in [0.717, 1.165) is 33.6 Å². The summed E-state index contributed by atoms with van der Waals surface area (Å²) in [6.45, 7) is 4.33. The summed E-state index contributed by atoms with van der Waals surface area (Å²) in [5.41, 5.74) is 2.18. The molecule has 7 heteroatoms. The number of hydrogen-bond donors (Lipinski definition) is 0. The molecule has 0 unspecified atom stereocenters. The van der Waals surface area contributed by atoms with E-state index in [2.05, 4.69) is 16.9 Å². The third-order valence-electron chi connectivity index (χ3n) is 5.01. The third kappa shape index (κ3) is 4.04. The van der Waals surface area contributed by atoms with Gasteiger partial charge in [0.15, 0.2) is 0 Å². The van der Waals surface area contributed by atoms with Gasteiger partial charge < -0.3 is 4.74 Å². The van der Waals surface area contributed by atoms with Crippen LogP contribution in [0.25, 0.3) is 10.2 Å². The second-order valence-electron chi connectivity index (χ2n) is 7.17. The number of aryl methyl sites for hydroxylation is 1. The normalized spacial score (nSPS) is 17.3. The predicted octanol–water partition coefficient (Wildman–Crippen LogP) is 5.69. The van der Waals surface area contributed by atoms with E-state index >= 15 is 0 Å². The fraction of sp³-hybridized carbons (Fsp3) is 0.381. The molecule has 2 aromatic heterocycles. The summed E-state index contributed by atoms with van der Waals surface area (Å²) in [7, 11) is 0. The minimum absolute atomic E-state index is 0.175. The van der Waals surface area contributed by atoms with Gasteiger partial charge in [0.2, 0.25) is 0 Å². The van der Waals surface area contributed by atoms with Crippen molar-refractivity contribution < 1.29 is 9.53 Å². The highest BCUT2D eigenvalue weighted by Gasteiger charge is 2.25. The molecule has 4 rings (SSSR count). The van der Waals surface area contributed by atoms with Crippen LogP contribution in [0.1, 0.15) is 36.3 Å². The largest absolute Gasteiger partial charge is 0.460 e. The van der Waals surface area contributed by atoms with Gasteiger partial charge in [-0.05, 0) is 43.7 Å². The van der Waals surface area contributed by atoms with Crippen molar-refractivity contribution in [3.63, 3.8) is 0 Å². The zero-order chi connectivity index (χ0) is 19.7. The fourth-order valence-electron chi connectivity index (χ4n) is 3.43. The minimum Gasteiger partial charge on any atom is -0.460 e. The molecule has 3 aromatic rings. The van der Waals surface area contributed by atoms with E-state index in [1.54, 1.807) is 23.7 Å². The Morgan fingerprint density at radius 1 is 1.39 bits per heavy atom. The molecule has 1 aromatic carbocycles. The molecular weight excluding hydrogens is 412 g/mol. The van der Waals surface area contributed by atoms with Gasteiger partial charge in [-0.1, -0.05) is 48.5 Å². The lowest BCUT2D eigenvalue weighted by atomic mass is 9.89. The van der Waals surface area contributed by atoms with Crippen LogP contribution in [0.3, 0.4) is 0 Å². The van der Waals surface area contributed by atoms with E-state index in [1.165, 1.54) is 28.6 Å². The van der Waals surface area contributed by atoms with Crippen LogP contribution >= 0.6 is 34.7 Å². The van der Waals surface area contributed by atoms with Crippen LogP contribution in [-0.4, -0.2) is 21.2 Å². The van der Waals surface area contributed by atoms with E-state index in [4.69, 9.17) is 16.3 Å². The number of rotatable bonds is 5. The van der Waals surface area contributed by atoms with Gasteiger partial charge in [0.05, 0.1) is 0 Å². The van der Waals surface area contributed by atoms with Crippen molar-refractivity contribution in [2.24, 2.45) is 5.92 Å². The Morgan fingerprint density at radius 2 is 2.21 bits per heavy atom. The number of benzene rings is 1. The molecule has 0 N–H and O–H groups in total. The van der Waals surface area contributed by atoms with E-state index in [-0.39, 0.29) is 17.8 Å². The van der Waals surface area contributed by atoms with Crippen LogP contribution in [0.15, 0.2) is 35.6 Å². The number of thiophene rings is 1. The third-order valence-corrected chi connectivity index (χ3v) is 7.61. The standard InChI is InChI=1S/C21H21ClN2O2S2/c1-12-7-8-15-17(9-12)28-20-18(15)19(23-11-24-20)27-13(2)21(25)26-10-14-5-3-4-6-16(14)22/h3-6,11-13H,7-10H2,1-2H3/t12-,13+/m1/s1. The van der Waals surface area contributed by atoms with Crippen molar-refractivity contribution >= 4 is 50.9 Å². The van der Waals surface area contributed by atoms with Crippen LogP contribution < -0.4 is 0 Å². The van der Waals surface area contributed by atoms with Crippen molar-refractivity contribution in [3.8, 4) is 0 Å². The summed E-state index contributed by atoms with van der Waals surface area (Å²) in [5.74, 6) is 0.442. The topological polar surface area (TPSA) is 52.1 Å². The molecular formula is C21H21ClN2O2S2. The molecule has 1 aliphatic rings. The maximum absolute atomic E-state index is 12.5. The SMILES string of the molecule is C[C@@H]1CCc2c(sc3ncnc(S[C@@H](C)C(=O)OCc4ccccc4Cl)c23)C1. The maximum atomic E-state index is 12.5. The van der Waals surface area contributed by atoms with E-state index in [0.29, 0.717) is 10.9 Å². The van der Waals surface area contributed by atoms with Gasteiger partial charge in [-0.3, -0.25) is 4.79 Å². The molecule has 0 fully saturated rings. The molecule has 146 valence electrons. The fourth-order valence-corrected chi connectivity index (χ4v) is 5.98. The Bertz CT molecular complexity index is 1020. The number of esters is 1. The van der Waals surface area contributed by atoms with Crippen LogP contribution in [-0.2, 0) is 29.0 Å². The number of carbonyl (C=O) groups is 1. The number of fused-ring (bicyclic) bond motifs is 3. The number of ether oxygens (including phenoxy) is 1. The van der Waals surface area contributed by atoms with Crippen LogP contribution in [0.2, 0.25) is 5.02 Å². The Balaban J connectivity index is 1.50. The first-order valence-corrected chi connectivity index (χ1v) is 11.4. The molecule has 0 aliphatic heterocycles. The first kappa shape index (κ1) is 19.7. The average Bonchev–Trinajstić information content (AvgIpc) is 3.05. The lowest BCUT2D eigenvalue weighted by molar-refractivity contribution is -0.143. The molecule has 0 saturated carbocycles. The number of aromatic nitrogens is 2. The van der Waals surface area contributed by atoms with Gasteiger partial charge in [0, 0.05) is 20.8 Å². The molecule has 0 radical (unpaired) electrons.